The lowest BCUT2D eigenvalue weighted by atomic mass is 9.93. The Kier molecular flexibility index (Phi) is 16.5. The van der Waals surface area contributed by atoms with E-state index in [1.165, 1.54) is 34.9 Å². The zero-order valence-electron chi connectivity index (χ0n) is 34.2. The molecule has 0 fully saturated rings. The van der Waals surface area contributed by atoms with Gasteiger partial charge in [-0.3, -0.25) is 0 Å². The lowest BCUT2D eigenvalue weighted by Gasteiger charge is -2.27. The van der Waals surface area contributed by atoms with Crippen LogP contribution < -0.4 is 26.0 Å². The second kappa shape index (κ2) is 22.0. The summed E-state index contributed by atoms with van der Waals surface area (Å²) in [4.78, 5) is 0. The van der Waals surface area contributed by atoms with Gasteiger partial charge < -0.3 is 45.0 Å². The fourth-order valence-electron chi connectivity index (χ4n) is 8.28. The zero-order chi connectivity index (χ0) is 40.9. The van der Waals surface area contributed by atoms with Crippen LogP contribution in [0.4, 0.5) is 13.2 Å². The SMILES string of the molecule is CNCC1OCCc2c(F)cccc21.CNCC1OCCc2cc(F)ccc21.CNCC1OCCc2ccc3c(c21)OCC3.CNCC1OCCc2cccc(F)c21. The van der Waals surface area contributed by atoms with Gasteiger partial charge in [0.15, 0.2) is 0 Å². The molecule has 4 aromatic rings. The molecule has 58 heavy (non-hydrogen) atoms. The Hall–Kier alpha value is -3.85. The molecule has 0 aliphatic carbocycles. The summed E-state index contributed by atoms with van der Waals surface area (Å²) in [7, 11) is 7.57. The normalized spacial score (nSPS) is 21.1. The maximum absolute atomic E-state index is 13.5. The summed E-state index contributed by atoms with van der Waals surface area (Å²) in [5.41, 5.74) is 9.84. The van der Waals surface area contributed by atoms with Crippen LogP contribution in [0.3, 0.4) is 0 Å². The molecule has 5 aliphatic heterocycles. The Morgan fingerprint density at radius 1 is 0.483 bits per heavy atom. The van der Waals surface area contributed by atoms with Crippen LogP contribution in [-0.2, 0) is 51.1 Å². The minimum atomic E-state index is -0.158. The third-order valence-electron chi connectivity index (χ3n) is 11.0. The first-order chi connectivity index (χ1) is 28.4. The summed E-state index contributed by atoms with van der Waals surface area (Å²) in [5, 5.41) is 12.3. The minimum absolute atomic E-state index is 0.000509. The molecule has 12 heteroatoms. The van der Waals surface area contributed by atoms with Crippen molar-refractivity contribution in [2.75, 3.05) is 87.4 Å². The fourth-order valence-corrected chi connectivity index (χ4v) is 8.28. The molecule has 5 heterocycles. The van der Waals surface area contributed by atoms with E-state index in [0.29, 0.717) is 32.8 Å². The summed E-state index contributed by atoms with van der Waals surface area (Å²) < 4.78 is 68.2. The van der Waals surface area contributed by atoms with Gasteiger partial charge in [0.25, 0.3) is 0 Å². The van der Waals surface area contributed by atoms with Crippen molar-refractivity contribution >= 4 is 0 Å². The highest BCUT2D eigenvalue weighted by atomic mass is 19.1. The molecule has 0 saturated heterocycles. The average molecular weight is 805 g/mol. The number of ether oxygens (including phenoxy) is 5. The summed E-state index contributed by atoms with van der Waals surface area (Å²) in [6, 6.07) is 19.8. The molecule has 0 bridgehead atoms. The van der Waals surface area contributed by atoms with Crippen LogP contribution in [0.1, 0.15) is 74.5 Å². The Labute approximate surface area is 341 Å². The molecule has 5 aliphatic rings. The van der Waals surface area contributed by atoms with E-state index in [4.69, 9.17) is 23.7 Å². The monoisotopic (exact) mass is 804 g/mol. The molecule has 0 radical (unpaired) electrons. The van der Waals surface area contributed by atoms with E-state index in [2.05, 4.69) is 33.4 Å². The predicted octanol–water partition coefficient (Wildman–Crippen LogP) is 6.43. The smallest absolute Gasteiger partial charge is 0.129 e. The van der Waals surface area contributed by atoms with Crippen LogP contribution >= 0.6 is 0 Å². The number of rotatable bonds is 8. The van der Waals surface area contributed by atoms with E-state index in [0.717, 1.165) is 97.7 Å². The lowest BCUT2D eigenvalue weighted by molar-refractivity contribution is 0.0410. The van der Waals surface area contributed by atoms with Crippen LogP contribution in [0.5, 0.6) is 5.75 Å². The topological polar surface area (TPSA) is 94.3 Å². The number of fused-ring (bicyclic) bond motifs is 6. The highest BCUT2D eigenvalue weighted by Crippen LogP contribution is 2.40. The molecule has 0 aromatic heterocycles. The molecular formula is C46H59F3N4O5. The van der Waals surface area contributed by atoms with Crippen molar-refractivity contribution in [3.05, 3.63) is 134 Å². The Morgan fingerprint density at radius 3 is 1.69 bits per heavy atom. The quantitative estimate of drug-likeness (QED) is 0.161. The molecule has 0 saturated carbocycles. The first-order valence-electron chi connectivity index (χ1n) is 20.5. The molecule has 4 N–H and O–H groups in total. The van der Waals surface area contributed by atoms with Crippen molar-refractivity contribution < 1.29 is 36.9 Å². The van der Waals surface area contributed by atoms with Gasteiger partial charge in [0.1, 0.15) is 23.2 Å². The van der Waals surface area contributed by atoms with Crippen molar-refractivity contribution in [1.29, 1.82) is 0 Å². The van der Waals surface area contributed by atoms with E-state index in [1.54, 1.807) is 18.2 Å². The van der Waals surface area contributed by atoms with E-state index < -0.39 is 0 Å². The van der Waals surface area contributed by atoms with Gasteiger partial charge in [-0.2, -0.15) is 0 Å². The summed E-state index contributed by atoms with van der Waals surface area (Å²) >= 11 is 0. The van der Waals surface area contributed by atoms with Crippen molar-refractivity contribution in [2.24, 2.45) is 0 Å². The molecule has 9 rings (SSSR count). The van der Waals surface area contributed by atoms with Crippen molar-refractivity contribution in [3.8, 4) is 5.75 Å². The van der Waals surface area contributed by atoms with Gasteiger partial charge in [-0.25, -0.2) is 13.2 Å². The lowest BCUT2D eigenvalue weighted by Crippen LogP contribution is -2.26. The third kappa shape index (κ3) is 10.8. The third-order valence-corrected chi connectivity index (χ3v) is 11.0. The van der Waals surface area contributed by atoms with Crippen molar-refractivity contribution in [3.63, 3.8) is 0 Å². The molecule has 0 spiro atoms. The second-order valence-electron chi connectivity index (χ2n) is 14.9. The van der Waals surface area contributed by atoms with Gasteiger partial charge in [-0.15, -0.1) is 0 Å². The highest BCUT2D eigenvalue weighted by molar-refractivity contribution is 5.50. The molecule has 9 nitrogen and oxygen atoms in total. The van der Waals surface area contributed by atoms with Gasteiger partial charge in [-0.1, -0.05) is 42.5 Å². The highest BCUT2D eigenvalue weighted by Gasteiger charge is 2.29. The number of hydrogen-bond acceptors (Lipinski definition) is 9. The number of benzene rings is 4. The summed E-state index contributed by atoms with van der Waals surface area (Å²) in [5.74, 6) is 0.681. The molecule has 0 amide bonds. The van der Waals surface area contributed by atoms with Crippen LogP contribution in [0.25, 0.3) is 0 Å². The maximum atomic E-state index is 13.5. The summed E-state index contributed by atoms with van der Waals surface area (Å²) in [6.45, 7) is 6.64. The van der Waals surface area contributed by atoms with Crippen LogP contribution in [0.15, 0.2) is 66.7 Å². The maximum Gasteiger partial charge on any atom is 0.129 e. The number of nitrogens with one attached hydrogen (secondary N) is 4. The fraction of sp³-hybridized carbons (Fsp3) is 0.478. The van der Waals surface area contributed by atoms with Gasteiger partial charge >= 0.3 is 0 Å². The molecule has 4 atom stereocenters. The predicted molar refractivity (Wildman–Crippen MR) is 220 cm³/mol. The second-order valence-corrected chi connectivity index (χ2v) is 14.9. The number of halogens is 3. The van der Waals surface area contributed by atoms with Gasteiger partial charge in [0.2, 0.25) is 0 Å². The number of hydrogen-bond donors (Lipinski definition) is 4. The van der Waals surface area contributed by atoms with E-state index in [9.17, 15) is 13.2 Å². The van der Waals surface area contributed by atoms with Crippen LogP contribution in [-0.4, -0.2) is 87.4 Å². The van der Waals surface area contributed by atoms with Gasteiger partial charge in [0.05, 0.1) is 57.5 Å². The molecule has 314 valence electrons. The molecule has 4 aromatic carbocycles. The van der Waals surface area contributed by atoms with E-state index >= 15 is 0 Å². The Bertz CT molecular complexity index is 1930. The standard InChI is InChI=1S/C13H17NO2.3C11H14FNO/c1-14-8-11-12-9(4-6-15-11)2-3-10-5-7-16-13(10)12;1-13-7-11-10-3-2-9(12)6-8(10)4-5-14-11;1-13-7-11-9-3-2-4-10(12)8(9)5-6-14-11;1-13-7-10-11-8(5-6-14-10)3-2-4-9(11)12/h2-3,11,14H,4-8H2,1H3;2-3,6,11,13H,4-5,7H2,1H3;2-4,11,13H,5-7H2,1H3;2-4,10,13H,5-7H2,1H3. The Balaban J connectivity index is 0.000000131. The average Bonchev–Trinajstić information content (AvgIpc) is 3.72. The zero-order valence-corrected chi connectivity index (χ0v) is 34.2. The first kappa shape index (κ1) is 43.7. The van der Waals surface area contributed by atoms with Gasteiger partial charge in [-0.05, 0) is 117 Å². The molecular weight excluding hydrogens is 746 g/mol. The van der Waals surface area contributed by atoms with Crippen molar-refractivity contribution in [2.45, 2.75) is 56.5 Å². The Morgan fingerprint density at radius 2 is 1.00 bits per heavy atom. The number of likely N-dealkylation sites (N-methyl/N-ethyl adjacent to an activating group) is 4. The largest absolute Gasteiger partial charge is 0.493 e. The molecule has 4 unspecified atom stereocenters. The summed E-state index contributed by atoms with van der Waals surface area (Å²) in [6.07, 6.45) is 4.44. The van der Waals surface area contributed by atoms with E-state index in [1.807, 2.05) is 46.4 Å². The minimum Gasteiger partial charge on any atom is -0.493 e. The van der Waals surface area contributed by atoms with Gasteiger partial charge in [0, 0.05) is 43.7 Å². The van der Waals surface area contributed by atoms with Crippen molar-refractivity contribution in [1.82, 2.24) is 21.3 Å². The first-order valence-corrected chi connectivity index (χ1v) is 20.5. The van der Waals surface area contributed by atoms with Crippen LogP contribution in [0, 0.1) is 17.5 Å². The van der Waals surface area contributed by atoms with E-state index in [-0.39, 0.29) is 41.9 Å². The van der Waals surface area contributed by atoms with Crippen LogP contribution in [0.2, 0.25) is 0 Å².